The molecule has 0 aromatic heterocycles. The number of ether oxygens (including phenoxy) is 1. The first-order valence-corrected chi connectivity index (χ1v) is 6.70. The third-order valence-electron chi connectivity index (χ3n) is 2.33. The maximum atomic E-state index is 5.62. The molecule has 0 fully saturated rings. The van der Waals surface area contributed by atoms with Gasteiger partial charge in [0.1, 0.15) is 0 Å². The Morgan fingerprint density at radius 1 is 1.25 bits per heavy atom. The molecule has 1 aromatic carbocycles. The minimum absolute atomic E-state index is 0.0854. The normalized spacial score (nSPS) is 11.8. The van der Waals surface area contributed by atoms with Crippen molar-refractivity contribution in [3.05, 3.63) is 33.4 Å². The summed E-state index contributed by atoms with van der Waals surface area (Å²) in [7, 11) is 0. The Labute approximate surface area is 112 Å². The van der Waals surface area contributed by atoms with Gasteiger partial charge in [0.15, 0.2) is 0 Å². The molecule has 0 bridgehead atoms. The van der Waals surface area contributed by atoms with Crippen molar-refractivity contribution in [2.75, 3.05) is 13.2 Å². The molecule has 0 spiro atoms. The molecule has 0 unspecified atom stereocenters. The molecular formula is C13H20INO. The molecule has 1 aromatic rings. The molecule has 0 aliphatic carbocycles. The number of hydrogen-bond donors (Lipinski definition) is 1. The van der Waals surface area contributed by atoms with Gasteiger partial charge in [-0.2, -0.15) is 0 Å². The lowest BCUT2D eigenvalue weighted by Crippen LogP contribution is -2.37. The molecule has 0 saturated heterocycles. The summed E-state index contributed by atoms with van der Waals surface area (Å²) < 4.78 is 6.90. The smallest absolute Gasteiger partial charge is 0.0750 e. The van der Waals surface area contributed by atoms with Crippen molar-refractivity contribution in [3.8, 4) is 0 Å². The fourth-order valence-corrected chi connectivity index (χ4v) is 1.91. The van der Waals surface area contributed by atoms with Crippen LogP contribution in [0.2, 0.25) is 0 Å². The highest BCUT2D eigenvalue weighted by molar-refractivity contribution is 14.1. The van der Waals surface area contributed by atoms with Gasteiger partial charge < -0.3 is 10.1 Å². The van der Waals surface area contributed by atoms with Crippen LogP contribution in [0.25, 0.3) is 0 Å². The molecule has 0 aliphatic rings. The summed E-state index contributed by atoms with van der Waals surface area (Å²) in [6.07, 6.45) is 0. The second-order valence-corrected chi connectivity index (χ2v) is 5.67. The van der Waals surface area contributed by atoms with Crippen molar-refractivity contribution >= 4 is 22.6 Å². The number of halogens is 1. The van der Waals surface area contributed by atoms with Gasteiger partial charge in [-0.25, -0.2) is 0 Å². The van der Waals surface area contributed by atoms with Crippen LogP contribution in [-0.4, -0.2) is 18.8 Å². The van der Waals surface area contributed by atoms with Crippen LogP contribution in [0.3, 0.4) is 0 Å². The summed E-state index contributed by atoms with van der Waals surface area (Å²) in [5.41, 5.74) is 1.23. The number of nitrogens with one attached hydrogen (secondary N) is 1. The van der Waals surface area contributed by atoms with Gasteiger partial charge in [-0.1, -0.05) is 12.1 Å². The van der Waals surface area contributed by atoms with Crippen molar-refractivity contribution in [2.24, 2.45) is 0 Å². The van der Waals surface area contributed by atoms with Gasteiger partial charge >= 0.3 is 0 Å². The molecule has 0 radical (unpaired) electrons. The van der Waals surface area contributed by atoms with Crippen LogP contribution in [0.15, 0.2) is 24.3 Å². The highest BCUT2D eigenvalue weighted by atomic mass is 127. The predicted octanol–water partition coefficient (Wildman–Crippen LogP) is 3.20. The summed E-state index contributed by atoms with van der Waals surface area (Å²) in [6.45, 7) is 8.77. The van der Waals surface area contributed by atoms with E-state index in [1.165, 1.54) is 9.13 Å². The Morgan fingerprint density at radius 2 is 1.88 bits per heavy atom. The van der Waals surface area contributed by atoms with Crippen molar-refractivity contribution in [1.29, 1.82) is 0 Å². The highest BCUT2D eigenvalue weighted by Gasteiger charge is 2.16. The van der Waals surface area contributed by atoms with Crippen molar-refractivity contribution in [2.45, 2.75) is 32.9 Å². The summed E-state index contributed by atoms with van der Waals surface area (Å²) in [6, 6.07) is 8.57. The van der Waals surface area contributed by atoms with Crippen LogP contribution in [0.1, 0.15) is 26.3 Å². The molecule has 90 valence electrons. The van der Waals surface area contributed by atoms with Crippen molar-refractivity contribution in [1.82, 2.24) is 5.32 Å². The topological polar surface area (TPSA) is 21.3 Å². The van der Waals surface area contributed by atoms with Gasteiger partial charge in [-0.3, -0.25) is 0 Å². The van der Waals surface area contributed by atoms with E-state index in [4.69, 9.17) is 4.74 Å². The maximum absolute atomic E-state index is 5.62. The SMILES string of the molecule is CCOC(C)(C)CNCc1ccc(I)cc1. The quantitative estimate of drug-likeness (QED) is 0.808. The fourth-order valence-electron chi connectivity index (χ4n) is 1.55. The molecule has 0 saturated carbocycles. The van der Waals surface area contributed by atoms with Crippen LogP contribution in [0.4, 0.5) is 0 Å². The molecule has 0 aliphatic heterocycles. The monoisotopic (exact) mass is 333 g/mol. The van der Waals surface area contributed by atoms with Gasteiger partial charge in [0, 0.05) is 23.3 Å². The lowest BCUT2D eigenvalue weighted by molar-refractivity contribution is -0.00897. The van der Waals surface area contributed by atoms with Gasteiger partial charge in [0.05, 0.1) is 5.60 Å². The zero-order valence-electron chi connectivity index (χ0n) is 10.2. The van der Waals surface area contributed by atoms with E-state index in [9.17, 15) is 0 Å². The van der Waals surface area contributed by atoms with Crippen molar-refractivity contribution in [3.63, 3.8) is 0 Å². The minimum Gasteiger partial charge on any atom is -0.375 e. The maximum Gasteiger partial charge on any atom is 0.0750 e. The van der Waals surface area contributed by atoms with E-state index in [-0.39, 0.29) is 5.60 Å². The molecular weight excluding hydrogens is 313 g/mol. The first-order chi connectivity index (χ1) is 7.53. The van der Waals surface area contributed by atoms with Gasteiger partial charge in [-0.05, 0) is 61.1 Å². The summed E-state index contributed by atoms with van der Waals surface area (Å²) in [4.78, 5) is 0. The Kier molecular flexibility index (Phi) is 5.72. The Morgan fingerprint density at radius 3 is 2.44 bits per heavy atom. The fraction of sp³-hybridized carbons (Fsp3) is 0.538. The Hall–Kier alpha value is -0.130. The van der Waals surface area contributed by atoms with E-state index >= 15 is 0 Å². The van der Waals surface area contributed by atoms with E-state index in [0.717, 1.165) is 19.7 Å². The second-order valence-electron chi connectivity index (χ2n) is 4.42. The van der Waals surface area contributed by atoms with Gasteiger partial charge in [-0.15, -0.1) is 0 Å². The van der Waals surface area contributed by atoms with Crippen LogP contribution in [0.5, 0.6) is 0 Å². The molecule has 0 atom stereocenters. The molecule has 0 heterocycles. The number of hydrogen-bond acceptors (Lipinski definition) is 2. The molecule has 1 N–H and O–H groups in total. The molecule has 1 rings (SSSR count). The van der Waals surface area contributed by atoms with E-state index in [0.29, 0.717) is 0 Å². The lowest BCUT2D eigenvalue weighted by atomic mass is 10.1. The zero-order chi connectivity index (χ0) is 12.0. The first kappa shape index (κ1) is 13.9. The van der Waals surface area contributed by atoms with E-state index in [1.54, 1.807) is 0 Å². The van der Waals surface area contributed by atoms with Crippen molar-refractivity contribution < 1.29 is 4.74 Å². The van der Waals surface area contributed by atoms with Crippen LogP contribution < -0.4 is 5.32 Å². The highest BCUT2D eigenvalue weighted by Crippen LogP contribution is 2.09. The van der Waals surface area contributed by atoms with E-state index in [2.05, 4.69) is 66.0 Å². The summed E-state index contributed by atoms with van der Waals surface area (Å²) in [5, 5.41) is 3.42. The average Bonchev–Trinajstić information content (AvgIpc) is 2.20. The van der Waals surface area contributed by atoms with E-state index < -0.39 is 0 Å². The number of benzene rings is 1. The molecule has 16 heavy (non-hydrogen) atoms. The number of rotatable bonds is 6. The third kappa shape index (κ3) is 5.27. The second kappa shape index (κ2) is 6.57. The minimum atomic E-state index is -0.0854. The zero-order valence-corrected chi connectivity index (χ0v) is 12.4. The van der Waals surface area contributed by atoms with E-state index in [1.807, 2.05) is 6.92 Å². The van der Waals surface area contributed by atoms with Gasteiger partial charge in [0.25, 0.3) is 0 Å². The largest absolute Gasteiger partial charge is 0.375 e. The van der Waals surface area contributed by atoms with Gasteiger partial charge in [0.2, 0.25) is 0 Å². The van der Waals surface area contributed by atoms with Crippen LogP contribution in [-0.2, 0) is 11.3 Å². The van der Waals surface area contributed by atoms with Crippen LogP contribution in [0, 0.1) is 3.57 Å². The standard InChI is InChI=1S/C13H20INO/c1-4-16-13(2,3)10-15-9-11-5-7-12(14)8-6-11/h5-8,15H,4,9-10H2,1-3H3. The lowest BCUT2D eigenvalue weighted by Gasteiger charge is -2.25. The average molecular weight is 333 g/mol. The third-order valence-corrected chi connectivity index (χ3v) is 3.05. The Balaban J connectivity index is 2.32. The summed E-state index contributed by atoms with van der Waals surface area (Å²) in [5.74, 6) is 0. The van der Waals surface area contributed by atoms with Crippen LogP contribution >= 0.6 is 22.6 Å². The first-order valence-electron chi connectivity index (χ1n) is 5.62. The molecule has 2 nitrogen and oxygen atoms in total. The molecule has 0 amide bonds. The molecule has 3 heteroatoms. The summed E-state index contributed by atoms with van der Waals surface area (Å²) >= 11 is 2.32. The predicted molar refractivity (Wildman–Crippen MR) is 76.6 cm³/mol. The Bertz CT molecular complexity index is 308.